The molecule has 0 atom stereocenters. The van der Waals surface area contributed by atoms with Gasteiger partial charge in [-0.2, -0.15) is 0 Å². The van der Waals surface area contributed by atoms with Gasteiger partial charge in [-0.15, -0.1) is 0 Å². The number of hydrogen-bond donors (Lipinski definition) is 3. The van der Waals surface area contributed by atoms with Crippen LogP contribution in [0.1, 0.15) is 36.8 Å². The van der Waals surface area contributed by atoms with Crippen LogP contribution in [-0.4, -0.2) is 23.7 Å². The van der Waals surface area contributed by atoms with Crippen LogP contribution in [0.5, 0.6) is 0 Å². The van der Waals surface area contributed by atoms with E-state index >= 15 is 0 Å². The Morgan fingerprint density at radius 3 is 2.48 bits per heavy atom. The second kappa shape index (κ2) is 6.16. The normalized spacial score (nSPS) is 16.5. The second-order valence-electron chi connectivity index (χ2n) is 5.92. The van der Waals surface area contributed by atoms with Crippen LogP contribution in [0.4, 0.5) is 10.5 Å². The first-order valence-corrected chi connectivity index (χ1v) is 7.28. The third-order valence-electron chi connectivity index (χ3n) is 4.23. The molecule has 5 nitrogen and oxygen atoms in total. The van der Waals surface area contributed by atoms with E-state index in [4.69, 9.17) is 0 Å². The van der Waals surface area contributed by atoms with Crippen molar-refractivity contribution >= 4 is 17.7 Å². The van der Waals surface area contributed by atoms with Crippen LogP contribution < -0.4 is 10.6 Å². The van der Waals surface area contributed by atoms with Crippen molar-refractivity contribution in [3.8, 4) is 0 Å². The van der Waals surface area contributed by atoms with E-state index in [0.717, 1.165) is 29.7 Å². The van der Waals surface area contributed by atoms with Gasteiger partial charge in [-0.1, -0.05) is 30.5 Å². The lowest BCUT2D eigenvalue weighted by Crippen LogP contribution is -2.42. The highest BCUT2D eigenvalue weighted by Crippen LogP contribution is 2.37. The highest BCUT2D eigenvalue weighted by molar-refractivity contribution is 5.90. The summed E-state index contributed by atoms with van der Waals surface area (Å²) in [5.41, 5.74) is 2.07. The van der Waals surface area contributed by atoms with Crippen molar-refractivity contribution in [1.82, 2.24) is 5.32 Å². The Morgan fingerprint density at radius 1 is 1.24 bits per heavy atom. The van der Waals surface area contributed by atoms with Gasteiger partial charge in [-0.3, -0.25) is 4.79 Å². The smallest absolute Gasteiger partial charge is 0.319 e. The Morgan fingerprint density at radius 2 is 1.90 bits per heavy atom. The van der Waals surface area contributed by atoms with Crippen LogP contribution in [0, 0.1) is 19.3 Å². The van der Waals surface area contributed by atoms with Gasteiger partial charge >= 0.3 is 12.0 Å². The lowest BCUT2D eigenvalue weighted by molar-refractivity contribution is -0.148. The Hall–Kier alpha value is -2.04. The molecule has 0 spiro atoms. The average Bonchev–Trinajstić information content (AvgIpc) is 2.90. The van der Waals surface area contributed by atoms with Gasteiger partial charge in [-0.05, 0) is 38.3 Å². The molecule has 1 aromatic carbocycles. The van der Waals surface area contributed by atoms with Crippen LogP contribution in [0.2, 0.25) is 0 Å². The molecule has 21 heavy (non-hydrogen) atoms. The second-order valence-corrected chi connectivity index (χ2v) is 5.92. The van der Waals surface area contributed by atoms with E-state index in [2.05, 4.69) is 10.6 Å². The topological polar surface area (TPSA) is 78.4 Å². The number of aryl methyl sites for hydroxylation is 2. The zero-order valence-corrected chi connectivity index (χ0v) is 12.5. The van der Waals surface area contributed by atoms with Gasteiger partial charge in [0.15, 0.2) is 0 Å². The highest BCUT2D eigenvalue weighted by Gasteiger charge is 2.41. The third kappa shape index (κ3) is 3.54. The highest BCUT2D eigenvalue weighted by atomic mass is 16.4. The van der Waals surface area contributed by atoms with E-state index < -0.39 is 11.4 Å². The SMILES string of the molecule is Cc1ccc(NC(=O)NCC2(C(=O)O)CCCC2)c(C)c1. The molecule has 0 aromatic heterocycles. The number of carboxylic acid groups (broad SMARTS) is 1. The molecule has 0 unspecified atom stereocenters. The number of carbonyl (C=O) groups excluding carboxylic acids is 1. The summed E-state index contributed by atoms with van der Waals surface area (Å²) in [7, 11) is 0. The van der Waals surface area contributed by atoms with Crippen molar-refractivity contribution in [1.29, 1.82) is 0 Å². The molecule has 1 aliphatic carbocycles. The van der Waals surface area contributed by atoms with E-state index in [1.807, 2.05) is 32.0 Å². The van der Waals surface area contributed by atoms with E-state index in [0.29, 0.717) is 12.8 Å². The van der Waals surface area contributed by atoms with Crippen molar-refractivity contribution in [3.63, 3.8) is 0 Å². The predicted octanol–water partition coefficient (Wildman–Crippen LogP) is 3.07. The zero-order valence-electron chi connectivity index (χ0n) is 12.5. The molecular weight excluding hydrogens is 268 g/mol. The summed E-state index contributed by atoms with van der Waals surface area (Å²) in [6.45, 7) is 4.10. The van der Waals surface area contributed by atoms with Gasteiger partial charge in [0.25, 0.3) is 0 Å². The number of rotatable bonds is 4. The molecule has 1 saturated carbocycles. The minimum atomic E-state index is -0.813. The molecule has 5 heteroatoms. The summed E-state index contributed by atoms with van der Waals surface area (Å²) in [6, 6.07) is 5.42. The van der Waals surface area contributed by atoms with Gasteiger partial charge < -0.3 is 15.7 Å². The Labute approximate surface area is 124 Å². The Balaban J connectivity index is 1.94. The monoisotopic (exact) mass is 290 g/mol. The molecule has 114 valence electrons. The van der Waals surface area contributed by atoms with Crippen LogP contribution >= 0.6 is 0 Å². The maximum absolute atomic E-state index is 12.0. The number of carboxylic acids is 1. The molecule has 1 aliphatic rings. The number of carbonyl (C=O) groups is 2. The summed E-state index contributed by atoms with van der Waals surface area (Å²) in [6.07, 6.45) is 3.08. The fraction of sp³-hybridized carbons (Fsp3) is 0.500. The summed E-state index contributed by atoms with van der Waals surface area (Å²) in [5, 5.41) is 14.9. The average molecular weight is 290 g/mol. The quantitative estimate of drug-likeness (QED) is 0.797. The minimum absolute atomic E-state index is 0.180. The maximum atomic E-state index is 12.0. The first-order chi connectivity index (χ1) is 9.93. The molecule has 0 heterocycles. The van der Waals surface area contributed by atoms with Crippen LogP contribution in [-0.2, 0) is 4.79 Å². The molecule has 0 bridgehead atoms. The Bertz CT molecular complexity index is 548. The summed E-state index contributed by atoms with van der Waals surface area (Å²) in [4.78, 5) is 23.4. The van der Waals surface area contributed by atoms with E-state index in [1.165, 1.54) is 0 Å². The van der Waals surface area contributed by atoms with Gasteiger partial charge in [-0.25, -0.2) is 4.79 Å². The third-order valence-corrected chi connectivity index (χ3v) is 4.23. The van der Waals surface area contributed by atoms with Crippen LogP contribution in [0.25, 0.3) is 0 Å². The first kappa shape index (κ1) is 15.4. The predicted molar refractivity (Wildman–Crippen MR) is 81.5 cm³/mol. The standard InChI is InChI=1S/C16H22N2O3/c1-11-5-6-13(12(2)9-11)18-15(21)17-10-16(14(19)20)7-3-4-8-16/h5-6,9H,3-4,7-8,10H2,1-2H3,(H,19,20)(H2,17,18,21). The fourth-order valence-corrected chi connectivity index (χ4v) is 2.89. The molecule has 1 aromatic rings. The molecule has 0 aliphatic heterocycles. The van der Waals surface area contributed by atoms with Crippen molar-refractivity contribution in [2.45, 2.75) is 39.5 Å². The molecule has 0 radical (unpaired) electrons. The van der Waals surface area contributed by atoms with Gasteiger partial charge in [0.05, 0.1) is 5.41 Å². The van der Waals surface area contributed by atoms with Gasteiger partial charge in [0, 0.05) is 12.2 Å². The molecule has 2 amide bonds. The van der Waals surface area contributed by atoms with E-state index in [9.17, 15) is 14.7 Å². The molecule has 1 fully saturated rings. The molecular formula is C16H22N2O3. The van der Waals surface area contributed by atoms with E-state index in [-0.39, 0.29) is 12.6 Å². The number of urea groups is 1. The van der Waals surface area contributed by atoms with Gasteiger partial charge in [0.2, 0.25) is 0 Å². The van der Waals surface area contributed by atoms with Crippen molar-refractivity contribution in [2.75, 3.05) is 11.9 Å². The van der Waals surface area contributed by atoms with Crippen molar-refractivity contribution in [2.24, 2.45) is 5.41 Å². The minimum Gasteiger partial charge on any atom is -0.481 e. The van der Waals surface area contributed by atoms with Gasteiger partial charge in [0.1, 0.15) is 0 Å². The van der Waals surface area contributed by atoms with Crippen LogP contribution in [0.3, 0.4) is 0 Å². The number of aliphatic carboxylic acids is 1. The number of anilines is 1. The number of nitrogens with one attached hydrogen (secondary N) is 2. The van der Waals surface area contributed by atoms with Crippen molar-refractivity contribution < 1.29 is 14.7 Å². The van der Waals surface area contributed by atoms with E-state index in [1.54, 1.807) is 0 Å². The molecule has 3 N–H and O–H groups in total. The summed E-state index contributed by atoms with van der Waals surface area (Å²) in [5.74, 6) is -0.813. The number of hydrogen-bond acceptors (Lipinski definition) is 2. The number of amides is 2. The largest absolute Gasteiger partial charge is 0.481 e. The molecule has 2 rings (SSSR count). The first-order valence-electron chi connectivity index (χ1n) is 7.28. The Kier molecular flexibility index (Phi) is 4.50. The van der Waals surface area contributed by atoms with Crippen LogP contribution in [0.15, 0.2) is 18.2 Å². The zero-order chi connectivity index (χ0) is 15.5. The summed E-state index contributed by atoms with van der Waals surface area (Å²) >= 11 is 0. The summed E-state index contributed by atoms with van der Waals surface area (Å²) < 4.78 is 0. The lowest BCUT2D eigenvalue weighted by Gasteiger charge is -2.24. The maximum Gasteiger partial charge on any atom is 0.319 e. The van der Waals surface area contributed by atoms with Crippen molar-refractivity contribution in [3.05, 3.63) is 29.3 Å². The lowest BCUT2D eigenvalue weighted by atomic mass is 9.86. The molecule has 0 saturated heterocycles. The fourth-order valence-electron chi connectivity index (χ4n) is 2.89. The number of benzene rings is 1.